The second kappa shape index (κ2) is 6.83. The van der Waals surface area contributed by atoms with E-state index in [1.54, 1.807) is 0 Å². The van der Waals surface area contributed by atoms with Crippen LogP contribution in [0.3, 0.4) is 0 Å². The van der Waals surface area contributed by atoms with Crippen LogP contribution in [-0.2, 0) is 0 Å². The van der Waals surface area contributed by atoms with Crippen molar-refractivity contribution in [2.24, 2.45) is 0 Å². The van der Waals surface area contributed by atoms with E-state index in [2.05, 4.69) is 67.2 Å². The molecule has 17 heavy (non-hydrogen) atoms. The van der Waals surface area contributed by atoms with E-state index < -0.39 is 0 Å². The van der Waals surface area contributed by atoms with Gasteiger partial charge in [-0.3, -0.25) is 0 Å². The summed E-state index contributed by atoms with van der Waals surface area (Å²) in [4.78, 5) is 0. The van der Waals surface area contributed by atoms with Gasteiger partial charge in [-0.15, -0.1) is 0 Å². The molecule has 0 saturated heterocycles. The molecule has 86 valence electrons. The maximum absolute atomic E-state index is 4.21. The predicted octanol–water partition coefficient (Wildman–Crippen LogP) is 1.98. The normalized spacial score (nSPS) is 10.1. The van der Waals surface area contributed by atoms with E-state index in [1.165, 1.54) is 13.4 Å². The van der Waals surface area contributed by atoms with Crippen molar-refractivity contribution in [2.45, 2.75) is 5.32 Å². The summed E-state index contributed by atoms with van der Waals surface area (Å²) < 4.78 is 4.28. The van der Waals surface area contributed by atoms with Gasteiger partial charge in [0.15, 0.2) is 0 Å². The molecule has 0 amide bonds. The van der Waals surface area contributed by atoms with Gasteiger partial charge in [-0.05, 0) is 0 Å². The summed E-state index contributed by atoms with van der Waals surface area (Å²) in [5.74, 6) is 0. The van der Waals surface area contributed by atoms with Crippen LogP contribution in [0.4, 0.5) is 0 Å². The van der Waals surface area contributed by atoms with Crippen molar-refractivity contribution in [1.29, 1.82) is 0 Å². The molecule has 2 rings (SSSR count). The zero-order chi connectivity index (χ0) is 11.9. The number of hydrogen-bond acceptors (Lipinski definition) is 0. The molecule has 0 fully saturated rings. The van der Waals surface area contributed by atoms with Crippen molar-refractivity contribution < 1.29 is 0 Å². The summed E-state index contributed by atoms with van der Waals surface area (Å²) in [6, 6.07) is 21.4. The van der Waals surface area contributed by atoms with Gasteiger partial charge in [-0.2, -0.15) is 0 Å². The number of rotatable bonds is 5. The third kappa shape index (κ3) is 4.53. The van der Waals surface area contributed by atoms with Crippen molar-refractivity contribution in [3.05, 3.63) is 71.7 Å². The van der Waals surface area contributed by atoms with Crippen LogP contribution < -0.4 is 8.92 Å². The first-order valence-corrected chi connectivity index (χ1v) is 9.21. The van der Waals surface area contributed by atoms with Crippen molar-refractivity contribution >= 4 is 38.8 Å². The summed E-state index contributed by atoms with van der Waals surface area (Å²) >= 11 is 0.965. The van der Waals surface area contributed by atoms with Crippen LogP contribution in [-0.4, -0.2) is 29.9 Å². The van der Waals surface area contributed by atoms with E-state index in [0.29, 0.717) is 29.9 Å². The summed E-state index contributed by atoms with van der Waals surface area (Å²) in [6.45, 7) is 4.21. The van der Waals surface area contributed by atoms with E-state index >= 15 is 0 Å². The molecule has 2 aromatic carbocycles. The third-order valence-corrected chi connectivity index (χ3v) is 7.35. The molecular formula is C15H14Se2. The van der Waals surface area contributed by atoms with Gasteiger partial charge in [0.25, 0.3) is 0 Å². The Kier molecular flexibility index (Phi) is 5.09. The quantitative estimate of drug-likeness (QED) is 0.722. The fourth-order valence-electron chi connectivity index (χ4n) is 1.37. The van der Waals surface area contributed by atoms with Gasteiger partial charge in [0.05, 0.1) is 0 Å². The molecule has 2 heteroatoms. The standard InChI is InChI=1S/C15H14Se2/c1-13(17-15-10-6-3-7-11-15)12-16-14-8-4-2-5-9-14/h2-11H,1,12H2. The first kappa shape index (κ1) is 12.7. The summed E-state index contributed by atoms with van der Waals surface area (Å²) in [5.41, 5.74) is 0. The fourth-order valence-corrected chi connectivity index (χ4v) is 5.51. The Labute approximate surface area is 115 Å². The molecule has 0 aromatic heterocycles. The molecule has 0 spiro atoms. The summed E-state index contributed by atoms with van der Waals surface area (Å²) in [6.07, 6.45) is 0. The number of benzene rings is 2. The molecule has 0 atom stereocenters. The molecule has 0 radical (unpaired) electrons. The molecule has 0 bridgehead atoms. The molecule has 0 heterocycles. The minimum atomic E-state index is 0.428. The Morgan fingerprint density at radius 2 is 1.35 bits per heavy atom. The second-order valence-corrected chi connectivity index (χ2v) is 8.38. The van der Waals surface area contributed by atoms with Gasteiger partial charge in [0.2, 0.25) is 0 Å². The molecule has 0 unspecified atom stereocenters. The summed E-state index contributed by atoms with van der Waals surface area (Å²) in [5, 5.41) is 1.16. The fraction of sp³-hybridized carbons (Fsp3) is 0.0667. The molecule has 0 aliphatic rings. The Hall–Kier alpha value is -0.781. The SMILES string of the molecule is C=C(C[Se]c1ccccc1)[Se]c1ccccc1. The van der Waals surface area contributed by atoms with E-state index in [0.717, 1.165) is 5.32 Å². The van der Waals surface area contributed by atoms with Crippen LogP contribution in [0, 0.1) is 0 Å². The van der Waals surface area contributed by atoms with Crippen LogP contribution >= 0.6 is 0 Å². The minimum absolute atomic E-state index is 0.428. The van der Waals surface area contributed by atoms with Gasteiger partial charge in [0, 0.05) is 0 Å². The Morgan fingerprint density at radius 3 is 1.94 bits per heavy atom. The first-order valence-electron chi connectivity index (χ1n) is 5.43. The maximum atomic E-state index is 4.21. The van der Waals surface area contributed by atoms with Crippen LogP contribution in [0.2, 0.25) is 5.32 Å². The summed E-state index contributed by atoms with van der Waals surface area (Å²) in [7, 11) is 0. The van der Waals surface area contributed by atoms with Crippen molar-refractivity contribution in [3.63, 3.8) is 0 Å². The zero-order valence-electron chi connectivity index (χ0n) is 9.50. The topological polar surface area (TPSA) is 0 Å². The van der Waals surface area contributed by atoms with Crippen LogP contribution in [0.1, 0.15) is 0 Å². The van der Waals surface area contributed by atoms with Crippen LogP contribution in [0.25, 0.3) is 0 Å². The van der Waals surface area contributed by atoms with Crippen LogP contribution in [0.5, 0.6) is 0 Å². The van der Waals surface area contributed by atoms with E-state index in [-0.39, 0.29) is 0 Å². The molecule has 0 N–H and O–H groups in total. The van der Waals surface area contributed by atoms with E-state index in [4.69, 9.17) is 0 Å². The Bertz CT molecular complexity index is 463. The molecular weight excluding hydrogens is 338 g/mol. The zero-order valence-corrected chi connectivity index (χ0v) is 12.9. The third-order valence-electron chi connectivity index (χ3n) is 2.15. The number of hydrogen-bond donors (Lipinski definition) is 0. The van der Waals surface area contributed by atoms with Crippen molar-refractivity contribution in [2.75, 3.05) is 0 Å². The second-order valence-electron chi connectivity index (χ2n) is 3.56. The monoisotopic (exact) mass is 354 g/mol. The predicted molar refractivity (Wildman–Crippen MR) is 77.6 cm³/mol. The van der Waals surface area contributed by atoms with Gasteiger partial charge in [-0.1, -0.05) is 0 Å². The Balaban J connectivity index is 1.83. The van der Waals surface area contributed by atoms with Gasteiger partial charge < -0.3 is 0 Å². The van der Waals surface area contributed by atoms with Crippen LogP contribution in [0.15, 0.2) is 71.7 Å². The molecule has 0 aliphatic carbocycles. The van der Waals surface area contributed by atoms with E-state index in [9.17, 15) is 0 Å². The molecule has 0 saturated carbocycles. The average Bonchev–Trinajstić information content (AvgIpc) is 2.39. The molecule has 2 aromatic rings. The van der Waals surface area contributed by atoms with Crippen molar-refractivity contribution in [3.8, 4) is 0 Å². The van der Waals surface area contributed by atoms with Gasteiger partial charge >= 0.3 is 116 Å². The van der Waals surface area contributed by atoms with Crippen molar-refractivity contribution in [1.82, 2.24) is 0 Å². The van der Waals surface area contributed by atoms with E-state index in [1.807, 2.05) is 0 Å². The Morgan fingerprint density at radius 1 is 0.824 bits per heavy atom. The number of allylic oxidation sites excluding steroid dienone is 1. The van der Waals surface area contributed by atoms with Gasteiger partial charge in [-0.25, -0.2) is 0 Å². The van der Waals surface area contributed by atoms with Gasteiger partial charge in [0.1, 0.15) is 0 Å². The molecule has 0 nitrogen and oxygen atoms in total. The first-order chi connectivity index (χ1) is 8.34. The molecule has 0 aliphatic heterocycles. The average molecular weight is 352 g/mol.